The Balaban J connectivity index is 1.64. The summed E-state index contributed by atoms with van der Waals surface area (Å²) in [5.41, 5.74) is 0. The Kier molecular flexibility index (Phi) is 10.7. The number of hydrogen-bond donors (Lipinski definition) is 1. The first-order valence-corrected chi connectivity index (χ1v) is 12.7. The Morgan fingerprint density at radius 1 is 1.10 bits per heavy atom. The van der Waals surface area contributed by atoms with Crippen molar-refractivity contribution in [2.24, 2.45) is 4.99 Å². The molecule has 0 aromatic heterocycles. The van der Waals surface area contributed by atoms with E-state index in [-0.39, 0.29) is 18.5 Å². The van der Waals surface area contributed by atoms with Gasteiger partial charge in [-0.1, -0.05) is 19.3 Å². The molecule has 2 aliphatic rings. The van der Waals surface area contributed by atoms with E-state index in [1.807, 2.05) is 13.8 Å². The minimum absolute atomic E-state index is 0.0408. The summed E-state index contributed by atoms with van der Waals surface area (Å²) in [6.07, 6.45) is 7.77. The lowest BCUT2D eigenvalue weighted by atomic mass is 9.98. The molecule has 1 aliphatic heterocycles. The fourth-order valence-electron chi connectivity index (χ4n) is 3.78. The lowest BCUT2D eigenvalue weighted by Gasteiger charge is -2.35. The van der Waals surface area contributed by atoms with Crippen LogP contribution in [0, 0.1) is 0 Å². The molecule has 0 bridgehead atoms. The van der Waals surface area contributed by atoms with Gasteiger partial charge < -0.3 is 19.7 Å². The van der Waals surface area contributed by atoms with Crippen LogP contribution in [0.3, 0.4) is 0 Å². The van der Waals surface area contributed by atoms with Gasteiger partial charge in [-0.15, -0.1) is 0 Å². The zero-order valence-electron chi connectivity index (χ0n) is 18.4. The topological polar surface area (TPSA) is 83.5 Å². The van der Waals surface area contributed by atoms with E-state index in [1.165, 1.54) is 32.1 Å². The normalized spacial score (nSPS) is 20.4. The van der Waals surface area contributed by atoms with Crippen LogP contribution in [0.15, 0.2) is 4.99 Å². The largest absolute Gasteiger partial charge is 0.378 e. The molecule has 0 amide bonds. The number of guanidine groups is 1. The fraction of sp³-hybridized carbons (Fsp3) is 0.950. The third kappa shape index (κ3) is 8.78. The van der Waals surface area contributed by atoms with E-state index in [2.05, 4.69) is 15.2 Å². The summed E-state index contributed by atoms with van der Waals surface area (Å²) in [5.74, 6) is 0.877. The summed E-state index contributed by atoms with van der Waals surface area (Å²) in [4.78, 5) is 6.48. The summed E-state index contributed by atoms with van der Waals surface area (Å²) in [7, 11) is -1.49. The molecule has 1 heterocycles. The molecule has 1 N–H and O–H groups in total. The maximum absolute atomic E-state index is 12.5. The van der Waals surface area contributed by atoms with Gasteiger partial charge in [0, 0.05) is 46.4 Å². The third-order valence-electron chi connectivity index (χ3n) is 5.45. The first-order valence-electron chi connectivity index (χ1n) is 11.1. The molecule has 1 saturated carbocycles. The minimum Gasteiger partial charge on any atom is -0.378 e. The number of nitrogens with zero attached hydrogens (tertiary/aromatic N) is 3. The number of hydrogen-bond acceptors (Lipinski definition) is 5. The predicted molar refractivity (Wildman–Crippen MR) is 117 cm³/mol. The fourth-order valence-corrected chi connectivity index (χ4v) is 5.07. The van der Waals surface area contributed by atoms with Gasteiger partial charge in [-0.2, -0.15) is 4.31 Å². The zero-order valence-corrected chi connectivity index (χ0v) is 19.3. The van der Waals surface area contributed by atoms with Crippen LogP contribution >= 0.6 is 0 Å². The Morgan fingerprint density at radius 3 is 2.41 bits per heavy atom. The number of rotatable bonds is 10. The number of ether oxygens (including phenoxy) is 2. The Labute approximate surface area is 177 Å². The third-order valence-corrected chi connectivity index (χ3v) is 7.28. The Bertz CT molecular complexity index is 583. The van der Waals surface area contributed by atoms with Gasteiger partial charge in [0.15, 0.2) is 5.96 Å². The van der Waals surface area contributed by atoms with Crippen LogP contribution in [0.1, 0.15) is 52.4 Å². The van der Waals surface area contributed by atoms with Crippen molar-refractivity contribution in [3.05, 3.63) is 0 Å². The van der Waals surface area contributed by atoms with Crippen LogP contribution < -0.4 is 5.32 Å². The van der Waals surface area contributed by atoms with Crippen molar-refractivity contribution in [3.63, 3.8) is 0 Å². The van der Waals surface area contributed by atoms with E-state index in [0.29, 0.717) is 32.3 Å². The zero-order chi connectivity index (χ0) is 21.1. The van der Waals surface area contributed by atoms with Gasteiger partial charge in [0.2, 0.25) is 10.0 Å². The summed E-state index contributed by atoms with van der Waals surface area (Å²) >= 11 is 0. The van der Waals surface area contributed by atoms with Gasteiger partial charge in [-0.25, -0.2) is 8.42 Å². The highest BCUT2D eigenvalue weighted by Gasteiger charge is 2.28. The van der Waals surface area contributed by atoms with E-state index in [1.54, 1.807) is 11.4 Å². The molecule has 29 heavy (non-hydrogen) atoms. The SMILES string of the molecule is CN=C(NCCCOC1CCCCC1)N1CCN(S(=O)(=O)CCOC(C)C)CC1. The maximum Gasteiger partial charge on any atom is 0.216 e. The lowest BCUT2D eigenvalue weighted by Crippen LogP contribution is -2.54. The van der Waals surface area contributed by atoms with E-state index in [0.717, 1.165) is 25.5 Å². The van der Waals surface area contributed by atoms with E-state index in [9.17, 15) is 8.42 Å². The molecule has 0 aromatic carbocycles. The van der Waals surface area contributed by atoms with Crippen LogP contribution in [0.25, 0.3) is 0 Å². The van der Waals surface area contributed by atoms with Gasteiger partial charge >= 0.3 is 0 Å². The van der Waals surface area contributed by atoms with Crippen LogP contribution in [-0.4, -0.2) is 94.5 Å². The molecule has 9 heteroatoms. The molecule has 2 fully saturated rings. The molecular weight excluding hydrogens is 392 g/mol. The molecule has 0 aromatic rings. The first-order chi connectivity index (χ1) is 13.9. The summed E-state index contributed by atoms with van der Waals surface area (Å²) in [5, 5.41) is 3.39. The first kappa shape index (κ1) is 24.4. The van der Waals surface area contributed by atoms with Crippen LogP contribution in [0.2, 0.25) is 0 Å². The molecular formula is C20H40N4O4S. The summed E-state index contributed by atoms with van der Waals surface area (Å²) in [6.45, 7) is 7.89. The highest BCUT2D eigenvalue weighted by atomic mass is 32.2. The standard InChI is InChI=1S/C20H40N4O4S/c1-18(2)27-16-17-29(25,26)24-13-11-23(12-14-24)20(21-3)22-10-7-15-28-19-8-5-4-6-9-19/h18-19H,4-17H2,1-3H3,(H,21,22). The molecule has 1 aliphatic carbocycles. The molecule has 0 atom stereocenters. The number of aliphatic imine (C=N–C) groups is 1. The highest BCUT2D eigenvalue weighted by Crippen LogP contribution is 2.20. The lowest BCUT2D eigenvalue weighted by molar-refractivity contribution is 0.0276. The molecule has 170 valence electrons. The predicted octanol–water partition coefficient (Wildman–Crippen LogP) is 1.67. The van der Waals surface area contributed by atoms with Crippen LogP contribution in [0.4, 0.5) is 0 Å². The summed E-state index contributed by atoms with van der Waals surface area (Å²) < 4.78 is 37.8. The monoisotopic (exact) mass is 432 g/mol. The van der Waals surface area contributed by atoms with Crippen LogP contribution in [-0.2, 0) is 19.5 Å². The van der Waals surface area contributed by atoms with Crippen LogP contribution in [0.5, 0.6) is 0 Å². The van der Waals surface area contributed by atoms with Gasteiger partial charge in [0.05, 0.1) is 24.6 Å². The van der Waals surface area contributed by atoms with Gasteiger partial charge in [-0.3, -0.25) is 4.99 Å². The Morgan fingerprint density at radius 2 is 1.79 bits per heavy atom. The highest BCUT2D eigenvalue weighted by molar-refractivity contribution is 7.89. The van der Waals surface area contributed by atoms with Gasteiger partial charge in [0.25, 0.3) is 0 Å². The number of piperazine rings is 1. The van der Waals surface area contributed by atoms with Crippen molar-refractivity contribution in [2.75, 3.05) is 58.7 Å². The molecule has 0 unspecified atom stereocenters. The van der Waals surface area contributed by atoms with Crippen molar-refractivity contribution in [1.29, 1.82) is 0 Å². The second-order valence-electron chi connectivity index (χ2n) is 8.08. The van der Waals surface area contributed by atoms with Crippen molar-refractivity contribution < 1.29 is 17.9 Å². The van der Waals surface area contributed by atoms with E-state index < -0.39 is 10.0 Å². The second-order valence-corrected chi connectivity index (χ2v) is 10.2. The average molecular weight is 433 g/mol. The van der Waals surface area contributed by atoms with Crippen molar-refractivity contribution in [1.82, 2.24) is 14.5 Å². The van der Waals surface area contributed by atoms with E-state index in [4.69, 9.17) is 9.47 Å². The number of sulfonamides is 1. The molecule has 0 radical (unpaired) electrons. The second kappa shape index (κ2) is 12.7. The smallest absolute Gasteiger partial charge is 0.216 e. The maximum atomic E-state index is 12.5. The van der Waals surface area contributed by atoms with Crippen molar-refractivity contribution in [3.8, 4) is 0 Å². The molecule has 8 nitrogen and oxygen atoms in total. The van der Waals surface area contributed by atoms with Gasteiger partial charge in [-0.05, 0) is 33.1 Å². The number of nitrogens with one attached hydrogen (secondary N) is 1. The van der Waals surface area contributed by atoms with Crippen molar-refractivity contribution in [2.45, 2.75) is 64.6 Å². The minimum atomic E-state index is -3.27. The van der Waals surface area contributed by atoms with Crippen molar-refractivity contribution >= 4 is 16.0 Å². The molecule has 0 spiro atoms. The molecule has 1 saturated heterocycles. The molecule has 2 rings (SSSR count). The Hall–Kier alpha value is -0.900. The van der Waals surface area contributed by atoms with E-state index >= 15 is 0 Å². The van der Waals surface area contributed by atoms with Gasteiger partial charge in [0.1, 0.15) is 0 Å². The summed E-state index contributed by atoms with van der Waals surface area (Å²) in [6, 6.07) is 0. The average Bonchev–Trinajstić information content (AvgIpc) is 2.71. The quantitative estimate of drug-likeness (QED) is 0.321.